The van der Waals surface area contributed by atoms with E-state index in [9.17, 15) is 13.2 Å². The van der Waals surface area contributed by atoms with Crippen molar-refractivity contribution in [3.63, 3.8) is 0 Å². The first-order valence-corrected chi connectivity index (χ1v) is 8.89. The highest BCUT2D eigenvalue weighted by Crippen LogP contribution is 2.25. The van der Waals surface area contributed by atoms with Crippen molar-refractivity contribution in [1.29, 1.82) is 0 Å². The molecule has 8 heteroatoms. The van der Waals surface area contributed by atoms with Gasteiger partial charge in [-0.15, -0.1) is 11.3 Å². The fourth-order valence-electron chi connectivity index (χ4n) is 1.83. The lowest BCUT2D eigenvalue weighted by Gasteiger charge is -2.14. The van der Waals surface area contributed by atoms with E-state index in [0.717, 1.165) is 22.0 Å². The number of hydrogen-bond acceptors (Lipinski definition) is 5. The van der Waals surface area contributed by atoms with Gasteiger partial charge in [-0.25, -0.2) is 8.42 Å². The summed E-state index contributed by atoms with van der Waals surface area (Å²) in [7, 11) is -2.05. The van der Waals surface area contributed by atoms with Gasteiger partial charge < -0.3 is 9.73 Å². The number of amides is 1. The predicted octanol–water partition coefficient (Wildman–Crippen LogP) is 2.11. The van der Waals surface area contributed by atoms with Gasteiger partial charge in [0.05, 0.1) is 13.1 Å². The van der Waals surface area contributed by atoms with E-state index in [1.165, 1.54) is 18.3 Å². The van der Waals surface area contributed by atoms with Crippen LogP contribution in [0.25, 0.3) is 0 Å². The smallest absolute Gasteiger partial charge is 0.252 e. The monoisotopic (exact) mass is 342 g/mol. The van der Waals surface area contributed by atoms with Crippen LogP contribution in [0.15, 0.2) is 32.9 Å². The van der Waals surface area contributed by atoms with E-state index in [0.29, 0.717) is 12.3 Å². The molecule has 6 nitrogen and oxygen atoms in total. The van der Waals surface area contributed by atoms with Crippen LogP contribution in [0.2, 0.25) is 0 Å². The van der Waals surface area contributed by atoms with Crippen molar-refractivity contribution in [2.45, 2.75) is 31.1 Å². The highest BCUT2D eigenvalue weighted by atomic mass is 32.2. The minimum absolute atomic E-state index is 0.150. The average molecular weight is 342 g/mol. The third-order valence-corrected chi connectivity index (χ3v) is 6.34. The summed E-state index contributed by atoms with van der Waals surface area (Å²) in [5.41, 5.74) is 0. The third-order valence-electron chi connectivity index (χ3n) is 2.99. The molecule has 0 unspecified atom stereocenters. The Kier molecular flexibility index (Phi) is 5.05. The molecule has 0 aliphatic carbocycles. The Morgan fingerprint density at radius 3 is 2.64 bits per heavy atom. The van der Waals surface area contributed by atoms with Crippen LogP contribution in [-0.4, -0.2) is 25.7 Å². The summed E-state index contributed by atoms with van der Waals surface area (Å²) in [6.07, 6.45) is 0. The van der Waals surface area contributed by atoms with E-state index in [1.54, 1.807) is 24.3 Å². The van der Waals surface area contributed by atoms with Gasteiger partial charge in [-0.1, -0.05) is 0 Å². The van der Waals surface area contributed by atoms with Gasteiger partial charge in [-0.2, -0.15) is 4.31 Å². The van der Waals surface area contributed by atoms with Gasteiger partial charge in [0.15, 0.2) is 0 Å². The molecular formula is C14H18N2O4S2. The molecule has 2 heterocycles. The first-order valence-electron chi connectivity index (χ1n) is 6.64. The fraction of sp³-hybridized carbons (Fsp3) is 0.357. The molecule has 0 atom stereocenters. The topological polar surface area (TPSA) is 79.6 Å². The number of nitrogens with zero attached hydrogens (tertiary/aromatic N) is 1. The number of hydrogen-bond donors (Lipinski definition) is 1. The second-order valence-electron chi connectivity index (χ2n) is 4.90. The van der Waals surface area contributed by atoms with Crippen LogP contribution in [0.5, 0.6) is 0 Å². The van der Waals surface area contributed by atoms with E-state index >= 15 is 0 Å². The largest absolute Gasteiger partial charge is 0.465 e. The average Bonchev–Trinajstić information content (AvgIpc) is 3.05. The maximum atomic E-state index is 12.5. The molecule has 1 amide bonds. The standard InChI is InChI=1S/C14H18N2O4S2/c1-10-4-5-12(20-10)9-16(3)22(18,19)14-7-6-13(21-14)8-15-11(2)17/h4-7H,8-9H2,1-3H3,(H,15,17). The number of aryl methyl sites for hydroxylation is 1. The second kappa shape index (κ2) is 6.64. The van der Waals surface area contributed by atoms with Gasteiger partial charge in [0.1, 0.15) is 15.7 Å². The lowest BCUT2D eigenvalue weighted by molar-refractivity contribution is -0.119. The molecule has 0 aliphatic rings. The summed E-state index contributed by atoms with van der Waals surface area (Å²) in [5, 5.41) is 2.65. The van der Waals surface area contributed by atoms with Crippen molar-refractivity contribution in [3.8, 4) is 0 Å². The third kappa shape index (κ3) is 3.96. The number of nitrogens with one attached hydrogen (secondary N) is 1. The number of rotatable bonds is 6. The van der Waals surface area contributed by atoms with Gasteiger partial charge in [0.2, 0.25) is 5.91 Å². The molecule has 0 saturated heterocycles. The van der Waals surface area contributed by atoms with Gasteiger partial charge in [-0.3, -0.25) is 4.79 Å². The number of thiophene rings is 1. The molecule has 0 aliphatic heterocycles. The fourth-order valence-corrected chi connectivity index (χ4v) is 4.47. The molecule has 2 aromatic rings. The Bertz CT molecular complexity index is 761. The summed E-state index contributed by atoms with van der Waals surface area (Å²) in [4.78, 5) is 11.7. The molecule has 0 fully saturated rings. The normalized spacial score (nSPS) is 11.8. The second-order valence-corrected chi connectivity index (χ2v) is 8.34. The molecule has 0 aromatic carbocycles. The SMILES string of the molecule is CC(=O)NCc1ccc(S(=O)(=O)N(C)Cc2ccc(C)o2)s1. The highest BCUT2D eigenvalue weighted by Gasteiger charge is 2.23. The molecule has 120 valence electrons. The Morgan fingerprint density at radius 1 is 1.32 bits per heavy atom. The van der Waals surface area contributed by atoms with Crippen molar-refractivity contribution < 1.29 is 17.6 Å². The lowest BCUT2D eigenvalue weighted by atomic mass is 10.4. The number of carbonyl (C=O) groups excluding carboxylic acids is 1. The Hall–Kier alpha value is -1.64. The zero-order valence-electron chi connectivity index (χ0n) is 12.6. The zero-order chi connectivity index (χ0) is 16.3. The maximum Gasteiger partial charge on any atom is 0.252 e. The molecule has 1 N–H and O–H groups in total. The molecular weight excluding hydrogens is 324 g/mol. The predicted molar refractivity (Wildman–Crippen MR) is 83.9 cm³/mol. The Balaban J connectivity index is 2.10. The van der Waals surface area contributed by atoms with Crippen LogP contribution in [0, 0.1) is 6.92 Å². The summed E-state index contributed by atoms with van der Waals surface area (Å²) in [6.45, 7) is 3.74. The van der Waals surface area contributed by atoms with E-state index in [4.69, 9.17) is 4.42 Å². The van der Waals surface area contributed by atoms with E-state index in [2.05, 4.69) is 5.32 Å². The summed E-state index contributed by atoms with van der Waals surface area (Å²) < 4.78 is 31.9. The summed E-state index contributed by atoms with van der Waals surface area (Å²) in [6, 6.07) is 6.82. The lowest BCUT2D eigenvalue weighted by Crippen LogP contribution is -2.25. The van der Waals surface area contributed by atoms with Crippen molar-refractivity contribution in [2.75, 3.05) is 7.05 Å². The first-order chi connectivity index (χ1) is 10.3. The minimum Gasteiger partial charge on any atom is -0.465 e. The highest BCUT2D eigenvalue weighted by molar-refractivity contribution is 7.91. The molecule has 2 rings (SSSR count). The van der Waals surface area contributed by atoms with E-state index in [-0.39, 0.29) is 16.7 Å². The Labute approximate surface area is 133 Å². The maximum absolute atomic E-state index is 12.5. The molecule has 22 heavy (non-hydrogen) atoms. The quantitative estimate of drug-likeness (QED) is 0.872. The van der Waals surface area contributed by atoms with Crippen molar-refractivity contribution in [1.82, 2.24) is 9.62 Å². The number of furan rings is 1. The van der Waals surface area contributed by atoms with E-state index < -0.39 is 10.0 Å². The molecule has 0 bridgehead atoms. The number of sulfonamides is 1. The van der Waals surface area contributed by atoms with Gasteiger partial charge in [0.25, 0.3) is 10.0 Å². The first kappa shape index (κ1) is 16.7. The van der Waals surface area contributed by atoms with Gasteiger partial charge >= 0.3 is 0 Å². The van der Waals surface area contributed by atoms with Gasteiger partial charge in [-0.05, 0) is 31.2 Å². The van der Waals surface area contributed by atoms with Crippen LogP contribution in [0.3, 0.4) is 0 Å². The Morgan fingerprint density at radius 2 is 2.05 bits per heavy atom. The minimum atomic E-state index is -3.57. The van der Waals surface area contributed by atoms with Crippen molar-refractivity contribution in [3.05, 3.63) is 40.7 Å². The zero-order valence-corrected chi connectivity index (χ0v) is 14.3. The molecule has 0 saturated carbocycles. The molecule has 0 spiro atoms. The molecule has 2 aromatic heterocycles. The summed E-state index contributed by atoms with van der Waals surface area (Å²) >= 11 is 1.15. The molecule has 0 radical (unpaired) electrons. The van der Waals surface area contributed by atoms with Crippen LogP contribution in [0.1, 0.15) is 23.3 Å². The van der Waals surface area contributed by atoms with Crippen LogP contribution >= 0.6 is 11.3 Å². The summed E-state index contributed by atoms with van der Waals surface area (Å²) in [5.74, 6) is 1.19. The van der Waals surface area contributed by atoms with Crippen LogP contribution in [0.4, 0.5) is 0 Å². The van der Waals surface area contributed by atoms with Gasteiger partial charge in [0, 0.05) is 18.8 Å². The van der Waals surface area contributed by atoms with Crippen LogP contribution < -0.4 is 5.32 Å². The van der Waals surface area contributed by atoms with Crippen molar-refractivity contribution >= 4 is 27.3 Å². The number of carbonyl (C=O) groups is 1. The van der Waals surface area contributed by atoms with Crippen molar-refractivity contribution in [2.24, 2.45) is 0 Å². The van der Waals surface area contributed by atoms with Crippen LogP contribution in [-0.2, 0) is 27.9 Å². The van der Waals surface area contributed by atoms with E-state index in [1.807, 2.05) is 6.92 Å².